The molecule has 3 heterocycles. The molecule has 1 atom stereocenters. The standard InChI is InChI=1S/C16H18N6OS/c1-11(16-19-8-12(2)24-16)7-18-15(23)14-10-22(21-20-14)9-13-5-3-4-6-17-13/h3-6,8,10-11H,7,9H2,1-2H3,(H,18,23). The van der Waals surface area contributed by atoms with Crippen LogP contribution in [0.1, 0.15) is 38.9 Å². The van der Waals surface area contributed by atoms with E-state index in [4.69, 9.17) is 0 Å². The van der Waals surface area contributed by atoms with Crippen LogP contribution < -0.4 is 5.32 Å². The lowest BCUT2D eigenvalue weighted by atomic mass is 10.2. The van der Waals surface area contributed by atoms with Gasteiger partial charge in [-0.1, -0.05) is 18.2 Å². The Morgan fingerprint density at radius 2 is 2.25 bits per heavy atom. The molecule has 24 heavy (non-hydrogen) atoms. The molecule has 0 saturated heterocycles. The first-order chi connectivity index (χ1) is 11.6. The Hall–Kier alpha value is -2.61. The lowest BCUT2D eigenvalue weighted by Crippen LogP contribution is -2.27. The maximum Gasteiger partial charge on any atom is 0.273 e. The van der Waals surface area contributed by atoms with Crippen molar-refractivity contribution in [1.82, 2.24) is 30.3 Å². The second kappa shape index (κ2) is 7.31. The number of amides is 1. The van der Waals surface area contributed by atoms with Crippen LogP contribution in [0.15, 0.2) is 36.8 Å². The van der Waals surface area contributed by atoms with E-state index in [0.29, 0.717) is 18.8 Å². The van der Waals surface area contributed by atoms with Crippen molar-refractivity contribution in [2.24, 2.45) is 0 Å². The maximum atomic E-state index is 12.2. The highest BCUT2D eigenvalue weighted by atomic mass is 32.1. The van der Waals surface area contributed by atoms with Gasteiger partial charge in [-0.25, -0.2) is 9.67 Å². The van der Waals surface area contributed by atoms with Crippen LogP contribution in [-0.2, 0) is 6.54 Å². The van der Waals surface area contributed by atoms with Crippen molar-refractivity contribution >= 4 is 17.2 Å². The van der Waals surface area contributed by atoms with Gasteiger partial charge >= 0.3 is 0 Å². The highest BCUT2D eigenvalue weighted by molar-refractivity contribution is 7.11. The third-order valence-electron chi connectivity index (χ3n) is 3.45. The number of hydrogen-bond acceptors (Lipinski definition) is 6. The van der Waals surface area contributed by atoms with Crippen molar-refractivity contribution in [1.29, 1.82) is 0 Å². The molecule has 124 valence electrons. The summed E-state index contributed by atoms with van der Waals surface area (Å²) in [4.78, 5) is 21.9. The third-order valence-corrected chi connectivity index (χ3v) is 4.60. The molecule has 8 heteroatoms. The number of aryl methyl sites for hydroxylation is 1. The number of nitrogens with one attached hydrogen (secondary N) is 1. The smallest absolute Gasteiger partial charge is 0.273 e. The summed E-state index contributed by atoms with van der Waals surface area (Å²) in [5.41, 5.74) is 1.16. The molecule has 0 aliphatic heterocycles. The Morgan fingerprint density at radius 3 is 2.96 bits per heavy atom. The molecule has 1 N–H and O–H groups in total. The normalized spacial score (nSPS) is 12.1. The zero-order valence-corrected chi connectivity index (χ0v) is 14.3. The summed E-state index contributed by atoms with van der Waals surface area (Å²) in [6.45, 7) is 5.05. The monoisotopic (exact) mass is 342 g/mol. The van der Waals surface area contributed by atoms with Gasteiger partial charge in [-0.05, 0) is 19.1 Å². The molecule has 3 rings (SSSR count). The Balaban J connectivity index is 1.56. The fourth-order valence-electron chi connectivity index (χ4n) is 2.16. The van der Waals surface area contributed by atoms with Gasteiger partial charge in [0.2, 0.25) is 0 Å². The molecule has 0 aromatic carbocycles. The molecular weight excluding hydrogens is 324 g/mol. The molecule has 1 amide bonds. The fourth-order valence-corrected chi connectivity index (χ4v) is 2.99. The molecule has 7 nitrogen and oxygen atoms in total. The number of nitrogens with zero attached hydrogens (tertiary/aromatic N) is 5. The zero-order chi connectivity index (χ0) is 16.9. The maximum absolute atomic E-state index is 12.2. The van der Waals surface area contributed by atoms with Crippen LogP contribution >= 0.6 is 11.3 Å². The Morgan fingerprint density at radius 1 is 1.38 bits per heavy atom. The van der Waals surface area contributed by atoms with Gasteiger partial charge in [0.25, 0.3) is 5.91 Å². The number of rotatable bonds is 6. The van der Waals surface area contributed by atoms with Crippen molar-refractivity contribution in [2.75, 3.05) is 6.54 Å². The predicted molar refractivity (Wildman–Crippen MR) is 91.0 cm³/mol. The predicted octanol–water partition coefficient (Wildman–Crippen LogP) is 2.02. The highest BCUT2D eigenvalue weighted by Crippen LogP contribution is 2.20. The topological polar surface area (TPSA) is 85.6 Å². The Labute approximate surface area is 143 Å². The molecule has 0 spiro atoms. The van der Waals surface area contributed by atoms with E-state index in [2.05, 4.69) is 25.6 Å². The number of aromatic nitrogens is 5. The van der Waals surface area contributed by atoms with Crippen molar-refractivity contribution in [3.63, 3.8) is 0 Å². The highest BCUT2D eigenvalue weighted by Gasteiger charge is 2.14. The van der Waals surface area contributed by atoms with Gasteiger partial charge in [-0.3, -0.25) is 9.78 Å². The van der Waals surface area contributed by atoms with Gasteiger partial charge < -0.3 is 5.32 Å². The van der Waals surface area contributed by atoms with Crippen molar-refractivity contribution in [3.8, 4) is 0 Å². The van der Waals surface area contributed by atoms with Gasteiger partial charge in [0.05, 0.1) is 23.4 Å². The first kappa shape index (κ1) is 16.3. The molecule has 3 aromatic heterocycles. The first-order valence-corrected chi connectivity index (χ1v) is 8.44. The van der Waals surface area contributed by atoms with E-state index in [1.54, 1.807) is 28.4 Å². The fraction of sp³-hybridized carbons (Fsp3) is 0.312. The lowest BCUT2D eigenvalue weighted by Gasteiger charge is -2.08. The average molecular weight is 342 g/mol. The third kappa shape index (κ3) is 4.02. The summed E-state index contributed by atoms with van der Waals surface area (Å²) in [5.74, 6) is -0.0707. The number of pyridine rings is 1. The largest absolute Gasteiger partial charge is 0.350 e. The van der Waals surface area contributed by atoms with E-state index in [9.17, 15) is 4.79 Å². The quantitative estimate of drug-likeness (QED) is 0.741. The molecule has 0 saturated carbocycles. The van der Waals surface area contributed by atoms with E-state index >= 15 is 0 Å². The first-order valence-electron chi connectivity index (χ1n) is 7.62. The van der Waals surface area contributed by atoms with E-state index in [-0.39, 0.29) is 11.8 Å². The second-order valence-electron chi connectivity index (χ2n) is 5.54. The molecule has 3 aromatic rings. The molecule has 1 unspecified atom stereocenters. The number of carbonyl (C=O) groups is 1. The zero-order valence-electron chi connectivity index (χ0n) is 13.5. The van der Waals surface area contributed by atoms with E-state index < -0.39 is 0 Å². The van der Waals surface area contributed by atoms with Crippen LogP contribution in [0.5, 0.6) is 0 Å². The summed E-state index contributed by atoms with van der Waals surface area (Å²) >= 11 is 1.65. The minimum atomic E-state index is -0.234. The summed E-state index contributed by atoms with van der Waals surface area (Å²) in [7, 11) is 0. The minimum absolute atomic E-state index is 0.163. The lowest BCUT2D eigenvalue weighted by molar-refractivity contribution is 0.0946. The average Bonchev–Trinajstić information content (AvgIpc) is 3.22. The SMILES string of the molecule is Cc1cnc(C(C)CNC(=O)c2cn(Cc3ccccn3)nn2)s1. The van der Waals surface area contributed by atoms with Crippen LogP contribution in [0.4, 0.5) is 0 Å². The number of hydrogen-bond donors (Lipinski definition) is 1. The van der Waals surface area contributed by atoms with E-state index in [1.807, 2.05) is 38.2 Å². The van der Waals surface area contributed by atoms with Gasteiger partial charge in [-0.15, -0.1) is 16.4 Å². The second-order valence-corrected chi connectivity index (χ2v) is 6.81. The van der Waals surface area contributed by atoms with Crippen molar-refractivity contribution < 1.29 is 4.79 Å². The Bertz CT molecular complexity index is 813. The number of carbonyl (C=O) groups excluding carboxylic acids is 1. The molecule has 0 fully saturated rings. The molecular formula is C16H18N6OS. The van der Waals surface area contributed by atoms with Crippen LogP contribution in [-0.4, -0.2) is 37.4 Å². The van der Waals surface area contributed by atoms with Crippen LogP contribution in [0.25, 0.3) is 0 Å². The van der Waals surface area contributed by atoms with Gasteiger partial charge in [-0.2, -0.15) is 0 Å². The van der Waals surface area contributed by atoms with Crippen molar-refractivity contribution in [3.05, 3.63) is 58.1 Å². The van der Waals surface area contributed by atoms with Gasteiger partial charge in [0.15, 0.2) is 5.69 Å². The van der Waals surface area contributed by atoms with Crippen LogP contribution in [0, 0.1) is 6.92 Å². The summed E-state index contributed by atoms with van der Waals surface area (Å²) < 4.78 is 1.60. The summed E-state index contributed by atoms with van der Waals surface area (Å²) in [5, 5.41) is 11.8. The molecule has 0 bridgehead atoms. The molecule has 0 aliphatic rings. The summed E-state index contributed by atoms with van der Waals surface area (Å²) in [6.07, 6.45) is 5.20. The summed E-state index contributed by atoms with van der Waals surface area (Å²) in [6, 6.07) is 5.67. The Kier molecular flexibility index (Phi) is 4.95. The van der Waals surface area contributed by atoms with E-state index in [1.165, 1.54) is 4.88 Å². The van der Waals surface area contributed by atoms with Gasteiger partial charge in [0, 0.05) is 29.7 Å². The van der Waals surface area contributed by atoms with Crippen LogP contribution in [0.3, 0.4) is 0 Å². The number of thiazole rings is 1. The molecule has 0 radical (unpaired) electrons. The van der Waals surface area contributed by atoms with Crippen LogP contribution in [0.2, 0.25) is 0 Å². The van der Waals surface area contributed by atoms with E-state index in [0.717, 1.165) is 10.7 Å². The molecule has 0 aliphatic carbocycles. The minimum Gasteiger partial charge on any atom is -0.350 e. The van der Waals surface area contributed by atoms with Crippen molar-refractivity contribution in [2.45, 2.75) is 26.3 Å². The van der Waals surface area contributed by atoms with Gasteiger partial charge in [0.1, 0.15) is 0 Å².